The van der Waals surface area contributed by atoms with Crippen molar-refractivity contribution in [2.45, 2.75) is 45.6 Å². The minimum atomic E-state index is 0.0897. The van der Waals surface area contributed by atoms with Crippen LogP contribution in [0.15, 0.2) is 48.5 Å². The van der Waals surface area contributed by atoms with Gasteiger partial charge in [-0.05, 0) is 68.5 Å². The third-order valence-electron chi connectivity index (χ3n) is 3.79. The Labute approximate surface area is 155 Å². The zero-order chi connectivity index (χ0) is 18.1. The highest BCUT2D eigenvalue weighted by Gasteiger charge is 2.03. The molecular formula is C21H26ClNO2. The third-order valence-corrected chi connectivity index (χ3v) is 4.04. The largest absolute Gasteiger partial charge is 0.491 e. The van der Waals surface area contributed by atoms with Crippen LogP contribution in [0.1, 0.15) is 37.8 Å². The van der Waals surface area contributed by atoms with Crippen molar-refractivity contribution >= 4 is 17.5 Å². The Bertz CT molecular complexity index is 668. The minimum absolute atomic E-state index is 0.0897. The lowest BCUT2D eigenvalue weighted by Crippen LogP contribution is -2.24. The molecule has 2 rings (SSSR count). The maximum Gasteiger partial charge on any atom is 0.220 e. The van der Waals surface area contributed by atoms with Crippen LogP contribution in [-0.4, -0.2) is 18.6 Å². The fraction of sp³-hybridized carbons (Fsp3) is 0.381. The molecule has 0 unspecified atom stereocenters. The predicted octanol–water partition coefficient (Wildman–Crippen LogP) is 4.81. The Morgan fingerprint density at radius 2 is 1.84 bits per heavy atom. The Balaban J connectivity index is 1.65. The van der Waals surface area contributed by atoms with E-state index in [-0.39, 0.29) is 12.0 Å². The molecule has 0 saturated heterocycles. The zero-order valence-electron chi connectivity index (χ0n) is 14.9. The average Bonchev–Trinajstić information content (AvgIpc) is 2.58. The van der Waals surface area contributed by atoms with Gasteiger partial charge < -0.3 is 10.1 Å². The fourth-order valence-electron chi connectivity index (χ4n) is 2.56. The quantitative estimate of drug-likeness (QED) is 0.652. The zero-order valence-corrected chi connectivity index (χ0v) is 15.7. The number of nitrogens with one attached hydrogen (secondary N) is 1. The summed E-state index contributed by atoms with van der Waals surface area (Å²) < 4.78 is 5.70. The lowest BCUT2D eigenvalue weighted by atomic mass is 10.1. The molecular weight excluding hydrogens is 334 g/mol. The van der Waals surface area contributed by atoms with Gasteiger partial charge in [0, 0.05) is 18.0 Å². The van der Waals surface area contributed by atoms with Crippen molar-refractivity contribution in [1.29, 1.82) is 0 Å². The first-order valence-electron chi connectivity index (χ1n) is 8.79. The van der Waals surface area contributed by atoms with Gasteiger partial charge in [0.15, 0.2) is 0 Å². The second-order valence-electron chi connectivity index (χ2n) is 6.39. The molecule has 0 heterocycles. The number of ether oxygens (including phenoxy) is 1. The molecule has 1 N–H and O–H groups in total. The van der Waals surface area contributed by atoms with Gasteiger partial charge in [-0.2, -0.15) is 0 Å². The fourth-order valence-corrected chi connectivity index (χ4v) is 2.69. The van der Waals surface area contributed by atoms with E-state index in [2.05, 4.69) is 17.4 Å². The standard InChI is InChI=1S/C21H26ClNO2/c1-16(2)25-20-7-3-5-18(15-20)6-4-14-23-21(24)13-10-17-8-11-19(22)12-9-17/h3,5,7-9,11-12,15-16H,4,6,10,13-14H2,1-2H3,(H,23,24). The van der Waals surface area contributed by atoms with E-state index in [4.69, 9.17) is 16.3 Å². The van der Waals surface area contributed by atoms with E-state index < -0.39 is 0 Å². The molecule has 0 atom stereocenters. The van der Waals surface area contributed by atoms with Gasteiger partial charge in [-0.25, -0.2) is 0 Å². The number of hydrogen-bond donors (Lipinski definition) is 1. The summed E-state index contributed by atoms with van der Waals surface area (Å²) in [5.74, 6) is 0.992. The van der Waals surface area contributed by atoms with Crippen molar-refractivity contribution in [3.63, 3.8) is 0 Å². The Kier molecular flexibility index (Phi) is 7.80. The molecule has 0 aliphatic rings. The number of hydrogen-bond acceptors (Lipinski definition) is 2. The Hall–Kier alpha value is -2.00. The minimum Gasteiger partial charge on any atom is -0.491 e. The van der Waals surface area contributed by atoms with Crippen molar-refractivity contribution in [2.75, 3.05) is 6.54 Å². The molecule has 0 fully saturated rings. The lowest BCUT2D eigenvalue weighted by Gasteiger charge is -2.11. The van der Waals surface area contributed by atoms with Gasteiger partial charge in [-0.15, -0.1) is 0 Å². The van der Waals surface area contributed by atoms with E-state index in [1.54, 1.807) is 0 Å². The van der Waals surface area contributed by atoms with Crippen molar-refractivity contribution in [3.8, 4) is 5.75 Å². The van der Waals surface area contributed by atoms with Gasteiger partial charge in [0.25, 0.3) is 0 Å². The highest BCUT2D eigenvalue weighted by atomic mass is 35.5. The summed E-state index contributed by atoms with van der Waals surface area (Å²) in [4.78, 5) is 11.9. The van der Waals surface area contributed by atoms with Crippen LogP contribution >= 0.6 is 11.6 Å². The number of aryl methyl sites for hydroxylation is 2. The van der Waals surface area contributed by atoms with Gasteiger partial charge in [0.1, 0.15) is 5.75 Å². The van der Waals surface area contributed by atoms with Crippen LogP contribution in [0.2, 0.25) is 5.02 Å². The van der Waals surface area contributed by atoms with Gasteiger partial charge in [0.05, 0.1) is 6.10 Å². The SMILES string of the molecule is CC(C)Oc1cccc(CCCNC(=O)CCc2ccc(Cl)cc2)c1. The first kappa shape index (κ1) is 19.3. The second kappa shape index (κ2) is 10.1. The summed E-state index contributed by atoms with van der Waals surface area (Å²) in [5, 5.41) is 3.70. The van der Waals surface area contributed by atoms with E-state index in [0.29, 0.717) is 13.0 Å². The maximum atomic E-state index is 11.9. The molecule has 0 aliphatic heterocycles. The van der Waals surface area contributed by atoms with Gasteiger partial charge in [0.2, 0.25) is 5.91 Å². The van der Waals surface area contributed by atoms with Crippen LogP contribution in [0.25, 0.3) is 0 Å². The summed E-state index contributed by atoms with van der Waals surface area (Å²) in [6.07, 6.45) is 3.25. The van der Waals surface area contributed by atoms with E-state index in [1.165, 1.54) is 5.56 Å². The van der Waals surface area contributed by atoms with Crippen molar-refractivity contribution in [3.05, 3.63) is 64.7 Å². The Morgan fingerprint density at radius 1 is 1.08 bits per heavy atom. The van der Waals surface area contributed by atoms with Crippen molar-refractivity contribution < 1.29 is 9.53 Å². The molecule has 134 valence electrons. The van der Waals surface area contributed by atoms with Gasteiger partial charge >= 0.3 is 0 Å². The van der Waals surface area contributed by atoms with Crippen LogP contribution in [-0.2, 0) is 17.6 Å². The topological polar surface area (TPSA) is 38.3 Å². The van der Waals surface area contributed by atoms with Crippen LogP contribution < -0.4 is 10.1 Å². The molecule has 0 bridgehead atoms. The number of carbonyl (C=O) groups is 1. The molecule has 2 aromatic carbocycles. The van der Waals surface area contributed by atoms with Gasteiger partial charge in [-0.3, -0.25) is 4.79 Å². The molecule has 25 heavy (non-hydrogen) atoms. The number of amides is 1. The van der Waals surface area contributed by atoms with Crippen molar-refractivity contribution in [2.24, 2.45) is 0 Å². The summed E-state index contributed by atoms with van der Waals surface area (Å²) in [7, 11) is 0. The molecule has 0 radical (unpaired) electrons. The number of halogens is 1. The molecule has 1 amide bonds. The summed E-state index contributed by atoms with van der Waals surface area (Å²) in [6, 6.07) is 15.8. The highest BCUT2D eigenvalue weighted by Crippen LogP contribution is 2.16. The predicted molar refractivity (Wildman–Crippen MR) is 103 cm³/mol. The third kappa shape index (κ3) is 7.61. The monoisotopic (exact) mass is 359 g/mol. The van der Waals surface area contributed by atoms with Crippen LogP contribution in [0.5, 0.6) is 5.75 Å². The summed E-state index contributed by atoms with van der Waals surface area (Å²) >= 11 is 5.86. The molecule has 0 spiro atoms. The van der Waals surface area contributed by atoms with Crippen LogP contribution in [0.4, 0.5) is 0 Å². The molecule has 4 heteroatoms. The Morgan fingerprint density at radius 3 is 2.56 bits per heavy atom. The van der Waals surface area contributed by atoms with Crippen LogP contribution in [0.3, 0.4) is 0 Å². The highest BCUT2D eigenvalue weighted by molar-refractivity contribution is 6.30. The maximum absolute atomic E-state index is 11.9. The molecule has 3 nitrogen and oxygen atoms in total. The van der Waals surface area contributed by atoms with Crippen molar-refractivity contribution in [1.82, 2.24) is 5.32 Å². The average molecular weight is 360 g/mol. The molecule has 0 saturated carbocycles. The van der Waals surface area contributed by atoms with E-state index >= 15 is 0 Å². The number of benzene rings is 2. The molecule has 0 aromatic heterocycles. The smallest absolute Gasteiger partial charge is 0.220 e. The van der Waals surface area contributed by atoms with E-state index in [1.807, 2.05) is 50.2 Å². The molecule has 2 aromatic rings. The summed E-state index contributed by atoms with van der Waals surface area (Å²) in [5.41, 5.74) is 2.36. The van der Waals surface area contributed by atoms with Crippen LogP contribution in [0, 0.1) is 0 Å². The molecule has 0 aliphatic carbocycles. The first-order valence-corrected chi connectivity index (χ1v) is 9.17. The first-order chi connectivity index (χ1) is 12.0. The lowest BCUT2D eigenvalue weighted by molar-refractivity contribution is -0.121. The van der Waals surface area contributed by atoms with E-state index in [0.717, 1.165) is 35.6 Å². The number of carbonyl (C=O) groups excluding carboxylic acids is 1. The summed E-state index contributed by atoms with van der Waals surface area (Å²) in [6.45, 7) is 4.73. The number of rotatable bonds is 9. The second-order valence-corrected chi connectivity index (χ2v) is 6.83. The van der Waals surface area contributed by atoms with E-state index in [9.17, 15) is 4.79 Å². The van der Waals surface area contributed by atoms with Gasteiger partial charge in [-0.1, -0.05) is 35.9 Å². The normalized spacial score (nSPS) is 10.7.